The van der Waals surface area contributed by atoms with Crippen LogP contribution in [-0.4, -0.2) is 12.2 Å². The van der Waals surface area contributed by atoms with Gasteiger partial charge >= 0.3 is 0 Å². The molecule has 1 aliphatic carbocycles. The highest BCUT2D eigenvalue weighted by atomic mass is 16.5. The molecule has 0 aromatic rings. The largest absolute Gasteiger partial charge is 0.373 e. The number of hydrogen-bond donors (Lipinski definition) is 0. The molecule has 94 valence electrons. The van der Waals surface area contributed by atoms with E-state index in [-0.39, 0.29) is 11.5 Å². The van der Waals surface area contributed by atoms with Crippen molar-refractivity contribution in [2.24, 2.45) is 11.3 Å². The summed E-state index contributed by atoms with van der Waals surface area (Å²) in [6.45, 7) is 0. The lowest BCUT2D eigenvalue weighted by Crippen LogP contribution is -2.31. The first kappa shape index (κ1) is 11.5. The van der Waals surface area contributed by atoms with Crippen molar-refractivity contribution >= 4 is 0 Å². The number of nitriles is 1. The van der Waals surface area contributed by atoms with Gasteiger partial charge in [-0.15, -0.1) is 0 Å². The van der Waals surface area contributed by atoms with E-state index in [1.54, 1.807) is 0 Å². The molecule has 17 heavy (non-hydrogen) atoms. The molecule has 0 amide bonds. The summed E-state index contributed by atoms with van der Waals surface area (Å²) < 4.78 is 5.90. The molecule has 3 rings (SSSR count). The number of rotatable bonds is 3. The third kappa shape index (κ3) is 2.10. The molecular weight excluding hydrogens is 210 g/mol. The Morgan fingerprint density at radius 3 is 2.53 bits per heavy atom. The van der Waals surface area contributed by atoms with Gasteiger partial charge in [0.05, 0.1) is 23.7 Å². The second-order valence-electron chi connectivity index (χ2n) is 6.34. The van der Waals surface area contributed by atoms with Crippen molar-refractivity contribution in [2.45, 2.75) is 76.4 Å². The summed E-state index contributed by atoms with van der Waals surface area (Å²) in [7, 11) is 0. The summed E-state index contributed by atoms with van der Waals surface area (Å²) in [5, 5.41) is 9.54. The first-order valence-corrected chi connectivity index (χ1v) is 7.39. The molecule has 3 unspecified atom stereocenters. The highest BCUT2D eigenvalue weighted by molar-refractivity contribution is 5.12. The summed E-state index contributed by atoms with van der Waals surface area (Å²) >= 11 is 0. The fourth-order valence-corrected chi connectivity index (χ4v) is 4.17. The van der Waals surface area contributed by atoms with E-state index in [0.29, 0.717) is 6.10 Å². The minimum atomic E-state index is -0.111. The summed E-state index contributed by atoms with van der Waals surface area (Å²) in [6, 6.07) is 2.62. The van der Waals surface area contributed by atoms with Crippen LogP contribution in [0.3, 0.4) is 0 Å². The molecule has 0 spiro atoms. The van der Waals surface area contributed by atoms with Crippen LogP contribution in [0.5, 0.6) is 0 Å². The Morgan fingerprint density at radius 1 is 1.12 bits per heavy atom. The van der Waals surface area contributed by atoms with Gasteiger partial charge in [-0.3, -0.25) is 0 Å². The quantitative estimate of drug-likeness (QED) is 0.742. The highest BCUT2D eigenvalue weighted by Crippen LogP contribution is 2.50. The van der Waals surface area contributed by atoms with E-state index < -0.39 is 0 Å². The van der Waals surface area contributed by atoms with E-state index in [4.69, 9.17) is 4.74 Å². The fourth-order valence-electron chi connectivity index (χ4n) is 4.17. The predicted octanol–water partition coefficient (Wildman–Crippen LogP) is 3.81. The maximum Gasteiger partial charge on any atom is 0.0859 e. The zero-order valence-corrected chi connectivity index (χ0v) is 10.7. The zero-order valence-electron chi connectivity index (χ0n) is 10.7. The lowest BCUT2D eigenvalue weighted by Gasteiger charge is -2.31. The summed E-state index contributed by atoms with van der Waals surface area (Å²) in [5.41, 5.74) is -0.111. The van der Waals surface area contributed by atoms with Crippen LogP contribution in [0, 0.1) is 22.7 Å². The molecule has 2 heterocycles. The second kappa shape index (κ2) is 4.61. The Morgan fingerprint density at radius 2 is 1.94 bits per heavy atom. The lowest BCUT2D eigenvalue weighted by molar-refractivity contribution is 0.0735. The Balaban J connectivity index is 1.57. The van der Waals surface area contributed by atoms with Gasteiger partial charge in [0, 0.05) is 0 Å². The van der Waals surface area contributed by atoms with Gasteiger partial charge in [-0.25, -0.2) is 0 Å². The average molecular weight is 233 g/mol. The third-order valence-corrected chi connectivity index (χ3v) is 5.26. The van der Waals surface area contributed by atoms with Gasteiger partial charge in [-0.05, 0) is 38.0 Å². The SMILES string of the molecule is N#CC1(CCC2CCCCC2)CC2CCC1O2. The standard InChI is InChI=1S/C15H23NO/c16-11-15(10-13-6-7-14(15)17-13)9-8-12-4-2-1-3-5-12/h12-14H,1-10H2. The molecule has 0 radical (unpaired) electrons. The van der Waals surface area contributed by atoms with Gasteiger partial charge in [-0.1, -0.05) is 32.1 Å². The van der Waals surface area contributed by atoms with E-state index in [1.807, 2.05) is 0 Å². The highest BCUT2D eigenvalue weighted by Gasteiger charge is 2.52. The van der Waals surface area contributed by atoms with Crippen LogP contribution in [0.15, 0.2) is 0 Å². The zero-order chi connectivity index (χ0) is 11.7. The lowest BCUT2D eigenvalue weighted by atomic mass is 9.70. The molecule has 3 atom stereocenters. The van der Waals surface area contributed by atoms with Crippen LogP contribution in [0.2, 0.25) is 0 Å². The molecule has 0 N–H and O–H groups in total. The van der Waals surface area contributed by atoms with E-state index in [9.17, 15) is 5.26 Å². The van der Waals surface area contributed by atoms with Crippen LogP contribution in [0.25, 0.3) is 0 Å². The van der Waals surface area contributed by atoms with E-state index in [2.05, 4.69) is 6.07 Å². The molecule has 1 saturated carbocycles. The minimum Gasteiger partial charge on any atom is -0.373 e. The van der Waals surface area contributed by atoms with Gasteiger partial charge < -0.3 is 4.74 Å². The summed E-state index contributed by atoms with van der Waals surface area (Å²) in [5.74, 6) is 0.896. The van der Waals surface area contributed by atoms with Crippen molar-refractivity contribution in [3.8, 4) is 6.07 Å². The average Bonchev–Trinajstić information content (AvgIpc) is 2.98. The number of fused-ring (bicyclic) bond motifs is 2. The van der Waals surface area contributed by atoms with Crippen LogP contribution in [0.4, 0.5) is 0 Å². The third-order valence-electron chi connectivity index (χ3n) is 5.26. The van der Waals surface area contributed by atoms with E-state index >= 15 is 0 Å². The maximum atomic E-state index is 9.54. The van der Waals surface area contributed by atoms with E-state index in [0.717, 1.165) is 25.2 Å². The topological polar surface area (TPSA) is 33.0 Å². The minimum absolute atomic E-state index is 0.111. The van der Waals surface area contributed by atoms with Crippen LogP contribution >= 0.6 is 0 Å². The first-order chi connectivity index (χ1) is 8.32. The number of hydrogen-bond acceptors (Lipinski definition) is 2. The molecule has 2 nitrogen and oxygen atoms in total. The van der Waals surface area contributed by atoms with Crippen molar-refractivity contribution in [3.63, 3.8) is 0 Å². The molecule has 3 fully saturated rings. The molecular formula is C15H23NO. The second-order valence-corrected chi connectivity index (χ2v) is 6.34. The number of nitrogens with zero attached hydrogens (tertiary/aromatic N) is 1. The smallest absolute Gasteiger partial charge is 0.0859 e. The van der Waals surface area contributed by atoms with Crippen LogP contribution < -0.4 is 0 Å². The molecule has 2 saturated heterocycles. The van der Waals surface area contributed by atoms with Gasteiger partial charge in [-0.2, -0.15) is 5.26 Å². The van der Waals surface area contributed by atoms with Gasteiger partial charge in [0.2, 0.25) is 0 Å². The molecule has 0 aromatic heterocycles. The van der Waals surface area contributed by atoms with Crippen molar-refractivity contribution < 1.29 is 4.74 Å². The van der Waals surface area contributed by atoms with E-state index in [1.165, 1.54) is 44.9 Å². The van der Waals surface area contributed by atoms with Crippen molar-refractivity contribution in [3.05, 3.63) is 0 Å². The van der Waals surface area contributed by atoms with Crippen molar-refractivity contribution in [2.75, 3.05) is 0 Å². The Labute approximate surface area is 104 Å². The maximum absolute atomic E-state index is 9.54. The molecule has 2 bridgehead atoms. The summed E-state index contributed by atoms with van der Waals surface area (Å²) in [6.07, 6.45) is 13.4. The van der Waals surface area contributed by atoms with Gasteiger partial charge in [0.1, 0.15) is 0 Å². The molecule has 3 aliphatic rings. The Kier molecular flexibility index (Phi) is 3.13. The van der Waals surface area contributed by atoms with Crippen LogP contribution in [0.1, 0.15) is 64.2 Å². The van der Waals surface area contributed by atoms with Crippen molar-refractivity contribution in [1.82, 2.24) is 0 Å². The predicted molar refractivity (Wildman–Crippen MR) is 66.4 cm³/mol. The molecule has 0 aromatic carbocycles. The first-order valence-electron chi connectivity index (χ1n) is 7.39. The molecule has 2 aliphatic heterocycles. The fraction of sp³-hybridized carbons (Fsp3) is 0.933. The van der Waals surface area contributed by atoms with Crippen molar-refractivity contribution in [1.29, 1.82) is 5.26 Å². The Bertz CT molecular complexity index is 315. The summed E-state index contributed by atoms with van der Waals surface area (Å²) in [4.78, 5) is 0. The monoisotopic (exact) mass is 233 g/mol. The van der Waals surface area contributed by atoms with Gasteiger partial charge in [0.25, 0.3) is 0 Å². The normalized spacial score (nSPS) is 41.6. The Hall–Kier alpha value is -0.550. The van der Waals surface area contributed by atoms with Crippen LogP contribution in [-0.2, 0) is 4.74 Å². The van der Waals surface area contributed by atoms with Gasteiger partial charge in [0.15, 0.2) is 0 Å². The molecule has 2 heteroatoms. The number of ether oxygens (including phenoxy) is 1.